The molecule has 2 saturated carbocycles. The molecule has 2 aromatic carbocycles. The normalized spacial score (nSPS) is 32.0. The Morgan fingerprint density at radius 3 is 1.81 bits per heavy atom. The Morgan fingerprint density at radius 1 is 0.726 bits per heavy atom. The van der Waals surface area contributed by atoms with Gasteiger partial charge in [0.1, 0.15) is 6.54 Å². The van der Waals surface area contributed by atoms with Crippen LogP contribution in [-0.4, -0.2) is 69.1 Å². The highest BCUT2D eigenvalue weighted by Gasteiger charge is 2.64. The van der Waals surface area contributed by atoms with Gasteiger partial charge in [-0.05, 0) is 98.6 Å². The summed E-state index contributed by atoms with van der Waals surface area (Å²) < 4.78 is 2.28. The molecule has 8 unspecified atom stereocenters. The smallest absolute Gasteiger partial charge is 0.337 e. The lowest BCUT2D eigenvalue weighted by Crippen LogP contribution is -2.36. The number of fused-ring (bicyclic) bond motifs is 12. The maximum absolute atomic E-state index is 13.3. The van der Waals surface area contributed by atoms with Gasteiger partial charge in [-0.2, -0.15) is 4.58 Å². The van der Waals surface area contributed by atoms with E-state index in [0.29, 0.717) is 0 Å². The number of rotatable bonds is 10. The number of hydrogen-bond acceptors (Lipinski definition) is 9. The van der Waals surface area contributed by atoms with Crippen molar-refractivity contribution in [1.29, 1.82) is 0 Å². The fraction of sp³-hybridized carbons (Fsp3) is 0.460. The summed E-state index contributed by atoms with van der Waals surface area (Å²) in [5.74, 6) is -4.39. The summed E-state index contributed by atoms with van der Waals surface area (Å²) in [6.07, 6.45) is 15.1. The number of nitrogens with zero attached hydrogens (tertiary/aromatic N) is 4. The summed E-state index contributed by atoms with van der Waals surface area (Å²) in [6.45, 7) is 16.4. The first-order chi connectivity index (χ1) is 29.6. The van der Waals surface area contributed by atoms with Gasteiger partial charge in [0.25, 0.3) is 23.6 Å². The molecule has 4 bridgehead atoms. The van der Waals surface area contributed by atoms with E-state index in [1.54, 1.807) is 0 Å². The predicted molar refractivity (Wildman–Crippen MR) is 228 cm³/mol. The number of allylic oxidation sites excluding steroid dienone is 8. The summed E-state index contributed by atoms with van der Waals surface area (Å²) in [7, 11) is 0. The zero-order valence-corrected chi connectivity index (χ0v) is 36.3. The van der Waals surface area contributed by atoms with Crippen LogP contribution in [0.3, 0.4) is 0 Å². The molecule has 8 atom stereocenters. The average molecular weight is 838 g/mol. The number of imide groups is 2. The Bertz CT molecular complexity index is 2500. The molecule has 4 aliphatic heterocycles. The van der Waals surface area contributed by atoms with Crippen molar-refractivity contribution in [3.8, 4) is 0 Å². The van der Waals surface area contributed by atoms with E-state index >= 15 is 0 Å². The second kappa shape index (κ2) is 14.1. The number of hydrogen-bond donors (Lipinski definition) is 0. The molecule has 320 valence electrons. The van der Waals surface area contributed by atoms with Crippen LogP contribution in [-0.2, 0) is 62.1 Å². The van der Waals surface area contributed by atoms with E-state index in [4.69, 9.17) is 9.68 Å². The zero-order valence-electron chi connectivity index (χ0n) is 36.3. The quantitative estimate of drug-likeness (QED) is 0.156. The minimum atomic E-state index is -0.645. The molecule has 2 aromatic rings. The van der Waals surface area contributed by atoms with Crippen LogP contribution in [0.4, 0.5) is 11.4 Å². The molecule has 0 spiro atoms. The van der Waals surface area contributed by atoms with Crippen molar-refractivity contribution in [2.24, 2.45) is 53.3 Å². The summed E-state index contributed by atoms with van der Waals surface area (Å²) in [5.41, 5.74) is 7.09. The monoisotopic (exact) mass is 837 g/mol. The molecular formula is C50H53N4O8+. The van der Waals surface area contributed by atoms with E-state index in [9.17, 15) is 28.8 Å². The average Bonchev–Trinajstić information content (AvgIpc) is 4.12. The van der Waals surface area contributed by atoms with Crippen LogP contribution >= 0.6 is 0 Å². The minimum Gasteiger partial charge on any atom is -0.344 e. The number of carbonyl (C=O) groups is 6. The molecule has 0 aromatic heterocycles. The Hall–Kier alpha value is -5.91. The first kappa shape index (κ1) is 40.2. The molecule has 8 aliphatic rings. The molecule has 4 fully saturated rings. The molecule has 4 amide bonds. The number of benzene rings is 2. The Kier molecular flexibility index (Phi) is 9.11. The van der Waals surface area contributed by atoms with Crippen molar-refractivity contribution in [2.75, 3.05) is 18.0 Å². The Balaban J connectivity index is 0.821. The minimum absolute atomic E-state index is 0.00371. The fourth-order valence-electron chi connectivity index (χ4n) is 12.5. The largest absolute Gasteiger partial charge is 0.344 e. The lowest BCUT2D eigenvalue weighted by Gasteiger charge is -2.25. The molecule has 4 heterocycles. The van der Waals surface area contributed by atoms with Crippen LogP contribution < -0.4 is 4.90 Å². The molecular weight excluding hydrogens is 785 g/mol. The molecule has 12 heteroatoms. The van der Waals surface area contributed by atoms with Gasteiger partial charge in [-0.25, -0.2) is 9.59 Å². The number of carbonyl (C=O) groups excluding carboxylic acids is 6. The van der Waals surface area contributed by atoms with E-state index in [1.165, 1.54) is 0 Å². The van der Waals surface area contributed by atoms with Crippen LogP contribution in [0.25, 0.3) is 0 Å². The molecule has 62 heavy (non-hydrogen) atoms. The van der Waals surface area contributed by atoms with E-state index in [2.05, 4.69) is 76.2 Å². The first-order valence-electron chi connectivity index (χ1n) is 22.2. The Morgan fingerprint density at radius 2 is 1.26 bits per heavy atom. The van der Waals surface area contributed by atoms with Crippen LogP contribution in [0.2, 0.25) is 0 Å². The second-order valence-corrected chi connectivity index (χ2v) is 19.4. The van der Waals surface area contributed by atoms with E-state index in [1.807, 2.05) is 60.7 Å². The highest BCUT2D eigenvalue weighted by molar-refractivity contribution is 6.07. The van der Waals surface area contributed by atoms with Crippen molar-refractivity contribution >= 4 is 52.7 Å². The number of anilines is 1. The topological polar surface area (TPSA) is 134 Å². The SMILES string of the molecule is CCN1/C(=C\C=C\C2=[N+](CC)c3ccc(CC(=O)ON4C(=O)C5C6C=CC(C6C)C5C4=O)cc3C2(C)C)C(C)(C)c2cc(CC(=O)ON3C(=O)C4C5C=CC(C5)C4C3=O)ccc21. The molecule has 12 nitrogen and oxygen atoms in total. The van der Waals surface area contributed by atoms with Crippen molar-refractivity contribution < 1.29 is 43.0 Å². The number of hydroxylamine groups is 4. The van der Waals surface area contributed by atoms with Gasteiger partial charge in [0.2, 0.25) is 5.69 Å². The van der Waals surface area contributed by atoms with Gasteiger partial charge in [-0.3, -0.25) is 19.2 Å². The maximum Gasteiger partial charge on any atom is 0.337 e. The molecule has 10 rings (SSSR count). The summed E-state index contributed by atoms with van der Waals surface area (Å²) >= 11 is 0. The van der Waals surface area contributed by atoms with Crippen molar-refractivity contribution in [2.45, 2.75) is 78.6 Å². The third kappa shape index (κ3) is 5.66. The second-order valence-electron chi connectivity index (χ2n) is 19.4. The maximum atomic E-state index is 13.3. The van der Waals surface area contributed by atoms with Crippen LogP contribution in [0.1, 0.15) is 77.1 Å². The van der Waals surface area contributed by atoms with Crippen molar-refractivity contribution in [3.63, 3.8) is 0 Å². The van der Waals surface area contributed by atoms with Gasteiger partial charge >= 0.3 is 11.9 Å². The zero-order chi connectivity index (χ0) is 43.7. The Labute approximate surface area is 361 Å². The summed E-state index contributed by atoms with van der Waals surface area (Å²) in [5, 5.41) is 1.45. The molecule has 0 radical (unpaired) electrons. The van der Waals surface area contributed by atoms with E-state index in [-0.39, 0.29) is 42.4 Å². The third-order valence-electron chi connectivity index (χ3n) is 15.5. The molecule has 4 aliphatic carbocycles. The number of likely N-dealkylation sites (N-methyl/N-ethyl adjacent to an activating group) is 1. The summed E-state index contributed by atoms with van der Waals surface area (Å²) in [6, 6.07) is 11.9. The van der Waals surface area contributed by atoms with Gasteiger partial charge in [-0.1, -0.05) is 69.4 Å². The van der Waals surface area contributed by atoms with Crippen LogP contribution in [0.15, 0.2) is 84.6 Å². The van der Waals surface area contributed by atoms with E-state index in [0.717, 1.165) is 74.7 Å². The molecule has 0 N–H and O–H groups in total. The van der Waals surface area contributed by atoms with Gasteiger partial charge in [0.05, 0.1) is 41.9 Å². The third-order valence-corrected chi connectivity index (χ3v) is 15.5. The lowest BCUT2D eigenvalue weighted by atomic mass is 9.80. The highest BCUT2D eigenvalue weighted by atomic mass is 16.7. The van der Waals surface area contributed by atoms with Gasteiger partial charge in [-0.15, -0.1) is 10.1 Å². The lowest BCUT2D eigenvalue weighted by molar-refractivity contribution is -0.433. The predicted octanol–water partition coefficient (Wildman–Crippen LogP) is 6.20. The van der Waals surface area contributed by atoms with Crippen LogP contribution in [0, 0.1) is 53.3 Å². The summed E-state index contributed by atoms with van der Waals surface area (Å²) in [4.78, 5) is 92.4. The van der Waals surface area contributed by atoms with Gasteiger partial charge in [0.15, 0.2) is 5.71 Å². The van der Waals surface area contributed by atoms with Crippen molar-refractivity contribution in [1.82, 2.24) is 10.1 Å². The molecule has 2 saturated heterocycles. The number of amides is 4. The van der Waals surface area contributed by atoms with Crippen molar-refractivity contribution in [3.05, 3.63) is 107 Å². The first-order valence-corrected chi connectivity index (χ1v) is 22.2. The standard InChI is InChI=1S/C50H53N4O8/c1-8-51-35-19-13-27(23-39(55)61-53-45(57)41-29-15-16-30(25-29)42(41)46(53)58)21-33(35)49(4,5)37(51)11-10-12-38-50(6,7)34-22-28(14-20-36(34)52(38)9-2)24-40(56)62-54-47(59)43-31-17-18-32(26(31)3)44(43)48(54)60/h10-22,26,29-32,41-44H,8-9,23-25H2,1-7H3/q+1. The van der Waals surface area contributed by atoms with E-state index < -0.39 is 70.1 Å². The highest BCUT2D eigenvalue weighted by Crippen LogP contribution is 2.56. The van der Waals surface area contributed by atoms with Crippen LogP contribution in [0.5, 0.6) is 0 Å². The van der Waals surface area contributed by atoms with Gasteiger partial charge < -0.3 is 14.6 Å². The van der Waals surface area contributed by atoms with Gasteiger partial charge in [0, 0.05) is 41.1 Å². The fourth-order valence-corrected chi connectivity index (χ4v) is 12.5.